The zero-order chi connectivity index (χ0) is 20.3. The monoisotopic (exact) mass is 387 g/mol. The van der Waals surface area contributed by atoms with Gasteiger partial charge in [0, 0.05) is 19.1 Å². The number of hydrogen-bond donors (Lipinski definition) is 2. The Bertz CT molecular complexity index is 719. The Morgan fingerprint density at radius 2 is 1.96 bits per heavy atom. The van der Waals surface area contributed by atoms with Crippen molar-refractivity contribution in [3.05, 3.63) is 35.4 Å². The summed E-state index contributed by atoms with van der Waals surface area (Å²) in [6.07, 6.45) is 4.64. The lowest BCUT2D eigenvalue weighted by atomic mass is 9.71. The van der Waals surface area contributed by atoms with Crippen LogP contribution >= 0.6 is 0 Å². The first-order valence-electron chi connectivity index (χ1n) is 10.3. The van der Waals surface area contributed by atoms with Crippen LogP contribution in [0.15, 0.2) is 24.3 Å². The smallest absolute Gasteiger partial charge is 0.317 e. The number of rotatable bonds is 4. The third-order valence-corrected chi connectivity index (χ3v) is 6.41. The topological polar surface area (TPSA) is 72.9 Å². The van der Waals surface area contributed by atoms with E-state index in [4.69, 9.17) is 5.11 Å². The molecule has 2 atom stereocenters. The molecule has 1 aliphatic heterocycles. The molecule has 0 spiro atoms. The second-order valence-electron chi connectivity index (χ2n) is 8.89. The molecule has 154 valence electrons. The number of carboxylic acid groups (broad SMARTS) is 1. The van der Waals surface area contributed by atoms with Gasteiger partial charge in [-0.1, -0.05) is 38.1 Å². The minimum atomic E-state index is -0.805. The lowest BCUT2D eigenvalue weighted by Gasteiger charge is -2.38. The molecule has 1 fully saturated rings. The number of carboxylic acids is 1. The number of carbonyl (C=O) groups is 2. The molecule has 1 aromatic carbocycles. The van der Waals surface area contributed by atoms with Gasteiger partial charge in [0.2, 0.25) is 0 Å². The maximum absolute atomic E-state index is 13.0. The fraction of sp³-hybridized carbons (Fsp3) is 0.636. The third-order valence-electron chi connectivity index (χ3n) is 6.41. The van der Waals surface area contributed by atoms with Crippen molar-refractivity contribution in [2.45, 2.75) is 63.5 Å². The summed E-state index contributed by atoms with van der Waals surface area (Å²) in [7, 11) is 1.86. The van der Waals surface area contributed by atoms with Gasteiger partial charge in [0.25, 0.3) is 0 Å². The average Bonchev–Trinajstić information content (AvgIpc) is 2.90. The van der Waals surface area contributed by atoms with Gasteiger partial charge in [-0.2, -0.15) is 0 Å². The predicted octanol–water partition coefficient (Wildman–Crippen LogP) is 3.38. The molecule has 0 radical (unpaired) electrons. The number of hydrogen-bond acceptors (Lipinski definition) is 3. The van der Waals surface area contributed by atoms with Crippen molar-refractivity contribution in [2.24, 2.45) is 0 Å². The summed E-state index contributed by atoms with van der Waals surface area (Å²) in [5.41, 5.74) is 2.71. The molecular formula is C22H33N3O3. The number of likely N-dealkylation sites (tertiary alicyclic amines) is 1. The highest BCUT2D eigenvalue weighted by Crippen LogP contribution is 2.41. The van der Waals surface area contributed by atoms with Gasteiger partial charge < -0.3 is 15.3 Å². The summed E-state index contributed by atoms with van der Waals surface area (Å²) in [5.74, 6) is -0.805. The number of benzene rings is 1. The van der Waals surface area contributed by atoms with Crippen molar-refractivity contribution in [2.75, 3.05) is 26.7 Å². The van der Waals surface area contributed by atoms with E-state index < -0.39 is 5.97 Å². The largest absolute Gasteiger partial charge is 0.480 e. The van der Waals surface area contributed by atoms with Gasteiger partial charge in [-0.3, -0.25) is 9.69 Å². The van der Waals surface area contributed by atoms with Crippen LogP contribution in [0, 0.1) is 0 Å². The zero-order valence-corrected chi connectivity index (χ0v) is 17.3. The van der Waals surface area contributed by atoms with E-state index in [-0.39, 0.29) is 30.1 Å². The number of fused-ring (bicyclic) bond motifs is 1. The first-order valence-corrected chi connectivity index (χ1v) is 10.3. The Hall–Kier alpha value is -2.08. The number of likely N-dealkylation sites (N-methyl/N-ethyl adjacent to an activating group) is 1. The van der Waals surface area contributed by atoms with Crippen molar-refractivity contribution in [1.82, 2.24) is 15.1 Å². The Balaban J connectivity index is 1.62. The van der Waals surface area contributed by atoms with Crippen molar-refractivity contribution in [3.63, 3.8) is 0 Å². The number of nitrogens with one attached hydrogen (secondary N) is 1. The average molecular weight is 388 g/mol. The molecule has 0 aromatic heterocycles. The Labute approximate surface area is 167 Å². The van der Waals surface area contributed by atoms with Gasteiger partial charge in [-0.25, -0.2) is 4.79 Å². The zero-order valence-electron chi connectivity index (χ0n) is 17.3. The number of nitrogens with zero attached hydrogens (tertiary/aromatic N) is 2. The summed E-state index contributed by atoms with van der Waals surface area (Å²) >= 11 is 0. The summed E-state index contributed by atoms with van der Waals surface area (Å²) in [6, 6.07) is 8.72. The molecule has 2 unspecified atom stereocenters. The second kappa shape index (κ2) is 8.52. The van der Waals surface area contributed by atoms with Crippen LogP contribution in [0.1, 0.15) is 63.1 Å². The minimum absolute atomic E-state index is 0.000969. The van der Waals surface area contributed by atoms with Gasteiger partial charge in [-0.15, -0.1) is 0 Å². The molecule has 2 aliphatic rings. The molecule has 2 N–H and O–H groups in total. The molecule has 1 aliphatic carbocycles. The van der Waals surface area contributed by atoms with Gasteiger partial charge in [0.05, 0.1) is 12.6 Å². The fourth-order valence-corrected chi connectivity index (χ4v) is 4.67. The van der Waals surface area contributed by atoms with Crippen LogP contribution in [0.2, 0.25) is 0 Å². The molecule has 6 nitrogen and oxygen atoms in total. The number of carbonyl (C=O) groups excluding carboxylic acids is 1. The molecular weight excluding hydrogens is 354 g/mol. The highest BCUT2D eigenvalue weighted by molar-refractivity contribution is 5.75. The first-order chi connectivity index (χ1) is 13.3. The molecule has 6 heteroatoms. The maximum Gasteiger partial charge on any atom is 0.317 e. The van der Waals surface area contributed by atoms with Crippen molar-refractivity contribution in [3.8, 4) is 0 Å². The number of urea groups is 1. The standard InChI is InChI=1S/C22H33N3O3/c1-22(2)12-10-19(17-8-4-5-9-18(17)22)23-21(28)25-13-6-7-16(11-14-25)24(3)15-20(26)27/h4-5,8-9,16,19H,6-7,10-15H2,1-3H3,(H,23,28)(H,26,27). The molecule has 1 heterocycles. The lowest BCUT2D eigenvalue weighted by Crippen LogP contribution is -2.44. The van der Waals surface area contributed by atoms with E-state index in [9.17, 15) is 9.59 Å². The molecule has 0 saturated carbocycles. The number of amides is 2. The van der Waals surface area contributed by atoms with Crippen LogP contribution < -0.4 is 5.32 Å². The first kappa shape index (κ1) is 20.6. The van der Waals surface area contributed by atoms with Crippen LogP contribution in [0.3, 0.4) is 0 Å². The summed E-state index contributed by atoms with van der Waals surface area (Å²) in [5, 5.41) is 12.3. The van der Waals surface area contributed by atoms with Gasteiger partial charge in [0.1, 0.15) is 0 Å². The lowest BCUT2D eigenvalue weighted by molar-refractivity contribution is -0.138. The Kier molecular flexibility index (Phi) is 6.28. The number of aliphatic carboxylic acids is 1. The normalized spacial score (nSPS) is 24.4. The van der Waals surface area contributed by atoms with E-state index >= 15 is 0 Å². The fourth-order valence-electron chi connectivity index (χ4n) is 4.67. The summed E-state index contributed by atoms with van der Waals surface area (Å²) < 4.78 is 0. The van der Waals surface area contributed by atoms with Crippen molar-refractivity contribution < 1.29 is 14.7 Å². The Morgan fingerprint density at radius 1 is 1.21 bits per heavy atom. The maximum atomic E-state index is 13.0. The summed E-state index contributed by atoms with van der Waals surface area (Å²) in [6.45, 7) is 5.98. The van der Waals surface area contributed by atoms with Crippen LogP contribution in [-0.2, 0) is 10.2 Å². The molecule has 2 amide bonds. The van der Waals surface area contributed by atoms with Crippen molar-refractivity contribution >= 4 is 12.0 Å². The van der Waals surface area contributed by atoms with Gasteiger partial charge in [0.15, 0.2) is 0 Å². The van der Waals surface area contributed by atoms with E-state index in [1.807, 2.05) is 22.9 Å². The van der Waals surface area contributed by atoms with Crippen LogP contribution in [-0.4, -0.2) is 59.6 Å². The molecule has 0 bridgehead atoms. The van der Waals surface area contributed by atoms with Crippen LogP contribution in [0.5, 0.6) is 0 Å². The van der Waals surface area contributed by atoms with E-state index in [1.54, 1.807) is 0 Å². The van der Waals surface area contributed by atoms with E-state index in [0.29, 0.717) is 6.54 Å². The highest BCUT2D eigenvalue weighted by atomic mass is 16.4. The predicted molar refractivity (Wildman–Crippen MR) is 109 cm³/mol. The quantitative estimate of drug-likeness (QED) is 0.831. The van der Waals surface area contributed by atoms with E-state index in [2.05, 4.69) is 37.4 Å². The van der Waals surface area contributed by atoms with Crippen LogP contribution in [0.4, 0.5) is 4.79 Å². The third kappa shape index (κ3) is 4.66. The molecule has 28 heavy (non-hydrogen) atoms. The van der Waals surface area contributed by atoms with Crippen molar-refractivity contribution in [1.29, 1.82) is 0 Å². The van der Waals surface area contributed by atoms with E-state index in [0.717, 1.165) is 38.6 Å². The van der Waals surface area contributed by atoms with E-state index in [1.165, 1.54) is 11.1 Å². The van der Waals surface area contributed by atoms with Gasteiger partial charge >= 0.3 is 12.0 Å². The molecule has 1 aromatic rings. The minimum Gasteiger partial charge on any atom is -0.480 e. The molecule has 1 saturated heterocycles. The van der Waals surface area contributed by atoms with Crippen LogP contribution in [0.25, 0.3) is 0 Å². The SMILES string of the molecule is CN(CC(=O)O)C1CCCN(C(=O)NC2CCC(C)(C)c3ccccc32)CC1. The second-order valence-corrected chi connectivity index (χ2v) is 8.89. The Morgan fingerprint density at radius 3 is 2.71 bits per heavy atom. The van der Waals surface area contributed by atoms with Gasteiger partial charge in [-0.05, 0) is 55.7 Å². The molecule has 3 rings (SSSR count). The summed E-state index contributed by atoms with van der Waals surface area (Å²) in [4.78, 5) is 27.7. The highest BCUT2D eigenvalue weighted by Gasteiger charge is 2.34.